The summed E-state index contributed by atoms with van der Waals surface area (Å²) in [5.41, 5.74) is -0.210. The molecule has 0 spiro atoms. The lowest BCUT2D eigenvalue weighted by molar-refractivity contribution is -0.137. The van der Waals surface area contributed by atoms with Crippen molar-refractivity contribution < 1.29 is 22.7 Å². The summed E-state index contributed by atoms with van der Waals surface area (Å²) in [6.07, 6.45) is -2.91. The van der Waals surface area contributed by atoms with Crippen LogP contribution in [0.2, 0.25) is 0 Å². The molecule has 0 saturated carbocycles. The van der Waals surface area contributed by atoms with Crippen molar-refractivity contribution in [3.63, 3.8) is 0 Å². The molecule has 1 unspecified atom stereocenters. The molecule has 2 heterocycles. The second kappa shape index (κ2) is 8.37. The molecule has 0 bridgehead atoms. The molecule has 1 saturated heterocycles. The van der Waals surface area contributed by atoms with Gasteiger partial charge in [-0.05, 0) is 37.6 Å². The first-order valence-electron chi connectivity index (χ1n) is 8.94. The third-order valence-corrected chi connectivity index (χ3v) is 4.36. The monoisotopic (exact) mass is 394 g/mol. The second-order valence-electron chi connectivity index (χ2n) is 6.36. The zero-order valence-corrected chi connectivity index (χ0v) is 15.3. The zero-order valence-electron chi connectivity index (χ0n) is 15.3. The molecule has 28 heavy (non-hydrogen) atoms. The first-order valence-corrected chi connectivity index (χ1v) is 8.94. The van der Waals surface area contributed by atoms with Crippen LogP contribution in [0.4, 0.5) is 29.5 Å². The normalized spacial score (nSPS) is 16.7. The fourth-order valence-electron chi connectivity index (χ4n) is 3.02. The third-order valence-electron chi connectivity index (χ3n) is 4.36. The standard InChI is InChI=1S/C19H21F3N4O2/c1-2-28-16-6-4-3-5-15(16)25-18(27)24-14-9-10-26(12-14)17-8-7-13(11-23-17)19(20,21)22/h3-8,11,14H,2,9-10,12H2,1H3,(H2,24,25,27). The van der Waals surface area contributed by atoms with Gasteiger partial charge in [-0.2, -0.15) is 13.2 Å². The lowest BCUT2D eigenvalue weighted by atomic mass is 10.2. The fraction of sp³-hybridized carbons (Fsp3) is 0.368. The van der Waals surface area contributed by atoms with Crippen molar-refractivity contribution in [2.45, 2.75) is 25.6 Å². The Morgan fingerprint density at radius 1 is 1.29 bits per heavy atom. The van der Waals surface area contributed by atoms with E-state index in [0.717, 1.165) is 12.3 Å². The number of pyridine rings is 1. The highest BCUT2D eigenvalue weighted by Crippen LogP contribution is 2.30. The zero-order chi connectivity index (χ0) is 20.1. The number of amides is 2. The van der Waals surface area contributed by atoms with Gasteiger partial charge < -0.3 is 20.3 Å². The number of hydrogen-bond donors (Lipinski definition) is 2. The second-order valence-corrected chi connectivity index (χ2v) is 6.36. The molecule has 1 aromatic carbocycles. The van der Waals surface area contributed by atoms with Crippen molar-refractivity contribution in [2.24, 2.45) is 0 Å². The maximum absolute atomic E-state index is 12.6. The van der Waals surface area contributed by atoms with Crippen LogP contribution in [0.25, 0.3) is 0 Å². The smallest absolute Gasteiger partial charge is 0.417 e. The molecular weight excluding hydrogens is 373 g/mol. The summed E-state index contributed by atoms with van der Waals surface area (Å²) in [7, 11) is 0. The van der Waals surface area contributed by atoms with Crippen molar-refractivity contribution in [3.05, 3.63) is 48.2 Å². The number of hydrogen-bond acceptors (Lipinski definition) is 4. The minimum atomic E-state index is -4.41. The first kappa shape index (κ1) is 19.8. The summed E-state index contributed by atoms with van der Waals surface area (Å²) in [6, 6.07) is 9.00. The van der Waals surface area contributed by atoms with Crippen molar-refractivity contribution in [3.8, 4) is 5.75 Å². The topological polar surface area (TPSA) is 66.5 Å². The number of urea groups is 1. The average Bonchev–Trinajstić information content (AvgIpc) is 3.11. The number of alkyl halides is 3. The van der Waals surface area contributed by atoms with Gasteiger partial charge in [-0.15, -0.1) is 0 Å². The summed E-state index contributed by atoms with van der Waals surface area (Å²) >= 11 is 0. The predicted molar refractivity (Wildman–Crippen MR) is 99.6 cm³/mol. The van der Waals surface area contributed by atoms with E-state index in [1.165, 1.54) is 6.07 Å². The quantitative estimate of drug-likeness (QED) is 0.807. The van der Waals surface area contributed by atoms with Crippen molar-refractivity contribution >= 4 is 17.5 Å². The molecule has 2 amide bonds. The van der Waals surface area contributed by atoms with Crippen LogP contribution in [0.3, 0.4) is 0 Å². The molecule has 1 fully saturated rings. The van der Waals surface area contributed by atoms with Gasteiger partial charge >= 0.3 is 12.2 Å². The predicted octanol–water partition coefficient (Wildman–Crippen LogP) is 3.90. The minimum Gasteiger partial charge on any atom is -0.492 e. The highest BCUT2D eigenvalue weighted by atomic mass is 19.4. The van der Waals surface area contributed by atoms with Gasteiger partial charge in [0.2, 0.25) is 0 Å². The van der Waals surface area contributed by atoms with E-state index in [2.05, 4.69) is 15.6 Å². The van der Waals surface area contributed by atoms with E-state index >= 15 is 0 Å². The summed E-state index contributed by atoms with van der Waals surface area (Å²) in [6.45, 7) is 3.41. The van der Waals surface area contributed by atoms with Crippen LogP contribution in [-0.4, -0.2) is 36.8 Å². The lowest BCUT2D eigenvalue weighted by Crippen LogP contribution is -2.39. The number of aromatic nitrogens is 1. The number of nitrogens with one attached hydrogen (secondary N) is 2. The number of carbonyl (C=O) groups excluding carboxylic acids is 1. The van der Waals surface area contributed by atoms with E-state index in [4.69, 9.17) is 4.74 Å². The summed E-state index contributed by atoms with van der Waals surface area (Å²) in [5.74, 6) is 1.04. The molecule has 1 aliphatic heterocycles. The fourth-order valence-corrected chi connectivity index (χ4v) is 3.02. The van der Waals surface area contributed by atoms with Crippen LogP contribution in [-0.2, 0) is 6.18 Å². The maximum Gasteiger partial charge on any atom is 0.417 e. The third kappa shape index (κ3) is 4.85. The number of rotatable bonds is 5. The molecule has 6 nitrogen and oxygen atoms in total. The van der Waals surface area contributed by atoms with Gasteiger partial charge in [-0.1, -0.05) is 12.1 Å². The van der Waals surface area contributed by atoms with Crippen LogP contribution < -0.4 is 20.3 Å². The Hall–Kier alpha value is -2.97. The molecule has 150 valence electrons. The van der Waals surface area contributed by atoms with Crippen molar-refractivity contribution in [1.82, 2.24) is 10.3 Å². The van der Waals surface area contributed by atoms with E-state index in [-0.39, 0.29) is 12.1 Å². The van der Waals surface area contributed by atoms with Crippen LogP contribution in [0.5, 0.6) is 5.75 Å². The van der Waals surface area contributed by atoms with Gasteiger partial charge in [0.15, 0.2) is 0 Å². The van der Waals surface area contributed by atoms with Crippen LogP contribution in [0.1, 0.15) is 18.9 Å². The SMILES string of the molecule is CCOc1ccccc1NC(=O)NC1CCN(c2ccc(C(F)(F)F)cn2)C1. The Bertz CT molecular complexity index is 812. The molecule has 3 rings (SSSR count). The van der Waals surface area contributed by atoms with Crippen LogP contribution in [0.15, 0.2) is 42.6 Å². The van der Waals surface area contributed by atoms with Gasteiger partial charge in [0.1, 0.15) is 11.6 Å². The number of nitrogens with zero attached hydrogens (tertiary/aromatic N) is 2. The Kier molecular flexibility index (Phi) is 5.91. The van der Waals surface area contributed by atoms with Crippen molar-refractivity contribution in [2.75, 3.05) is 29.9 Å². The number of ether oxygens (including phenoxy) is 1. The number of benzene rings is 1. The molecule has 0 radical (unpaired) electrons. The summed E-state index contributed by atoms with van der Waals surface area (Å²) < 4.78 is 43.4. The maximum atomic E-state index is 12.6. The van der Waals surface area contributed by atoms with E-state index in [1.54, 1.807) is 18.2 Å². The number of para-hydroxylation sites is 2. The van der Waals surface area contributed by atoms with Crippen LogP contribution in [0, 0.1) is 0 Å². The number of anilines is 2. The Balaban J connectivity index is 1.55. The molecule has 1 aliphatic rings. The van der Waals surface area contributed by atoms with E-state index in [0.29, 0.717) is 43.4 Å². The van der Waals surface area contributed by atoms with Gasteiger partial charge in [0.25, 0.3) is 0 Å². The van der Waals surface area contributed by atoms with Gasteiger partial charge in [-0.25, -0.2) is 9.78 Å². The molecular formula is C19H21F3N4O2. The molecule has 9 heteroatoms. The lowest BCUT2D eigenvalue weighted by Gasteiger charge is -2.19. The number of halogens is 3. The average molecular weight is 394 g/mol. The molecule has 1 aromatic heterocycles. The first-order chi connectivity index (χ1) is 13.4. The Morgan fingerprint density at radius 2 is 2.07 bits per heavy atom. The van der Waals surface area contributed by atoms with E-state index in [9.17, 15) is 18.0 Å². The van der Waals surface area contributed by atoms with Gasteiger partial charge in [0, 0.05) is 25.3 Å². The van der Waals surface area contributed by atoms with Crippen molar-refractivity contribution in [1.29, 1.82) is 0 Å². The molecule has 2 aromatic rings. The Morgan fingerprint density at radius 3 is 2.75 bits per heavy atom. The number of carbonyl (C=O) groups is 1. The molecule has 0 aliphatic carbocycles. The van der Waals surface area contributed by atoms with Crippen LogP contribution >= 0.6 is 0 Å². The summed E-state index contributed by atoms with van der Waals surface area (Å²) in [4.78, 5) is 18.0. The van der Waals surface area contributed by atoms with E-state index in [1.807, 2.05) is 17.9 Å². The largest absolute Gasteiger partial charge is 0.492 e. The highest BCUT2D eigenvalue weighted by Gasteiger charge is 2.31. The van der Waals surface area contributed by atoms with Gasteiger partial charge in [-0.3, -0.25) is 0 Å². The van der Waals surface area contributed by atoms with E-state index < -0.39 is 11.7 Å². The highest BCUT2D eigenvalue weighted by molar-refractivity contribution is 5.91. The Labute approximate surface area is 160 Å². The minimum absolute atomic E-state index is 0.136. The summed E-state index contributed by atoms with van der Waals surface area (Å²) in [5, 5.41) is 5.64. The van der Waals surface area contributed by atoms with Gasteiger partial charge in [0.05, 0.1) is 17.9 Å². The molecule has 1 atom stereocenters. The molecule has 2 N–H and O–H groups in total.